The number of aliphatic carboxylic acids is 1. The first kappa shape index (κ1) is 21.1. The van der Waals surface area contributed by atoms with Gasteiger partial charge < -0.3 is 14.3 Å². The van der Waals surface area contributed by atoms with Crippen molar-refractivity contribution < 1.29 is 23.9 Å². The summed E-state index contributed by atoms with van der Waals surface area (Å²) in [6.07, 6.45) is 0.256. The van der Waals surface area contributed by atoms with Crippen molar-refractivity contribution in [1.82, 2.24) is 0 Å². The zero-order valence-electron chi connectivity index (χ0n) is 15.0. The minimum absolute atomic E-state index is 0.256. The van der Waals surface area contributed by atoms with Crippen molar-refractivity contribution in [3.8, 4) is 0 Å². The normalized spacial score (nSPS) is 17.0. The van der Waals surface area contributed by atoms with E-state index in [9.17, 15) is 14.7 Å². The van der Waals surface area contributed by atoms with Crippen LogP contribution in [-0.4, -0.2) is 37.4 Å². The number of rotatable bonds is 6. The standard InChI is InChI=1S/C15H31NO5Si/c1-13(2,3)9-10(11(17)20-14(4,5)6)15(16,12(18)19)21-22(7)8/h10,22H,9,16H2,1-8H3,(H,18,19)/t10?,15-/m1/s1. The number of esters is 1. The molecule has 0 bridgehead atoms. The predicted octanol–water partition coefficient (Wildman–Crippen LogP) is 2.12. The van der Waals surface area contributed by atoms with Gasteiger partial charge in [-0.05, 0) is 45.7 Å². The Hall–Kier alpha value is -0.923. The molecule has 0 aromatic rings. The largest absolute Gasteiger partial charge is 0.478 e. The van der Waals surface area contributed by atoms with Crippen LogP contribution < -0.4 is 5.73 Å². The van der Waals surface area contributed by atoms with Crippen molar-refractivity contribution in [2.45, 2.75) is 72.4 Å². The molecule has 0 fully saturated rings. The van der Waals surface area contributed by atoms with E-state index in [-0.39, 0.29) is 11.8 Å². The molecule has 0 amide bonds. The van der Waals surface area contributed by atoms with Crippen LogP contribution in [0.3, 0.4) is 0 Å². The molecular weight excluding hydrogens is 302 g/mol. The number of hydrogen-bond acceptors (Lipinski definition) is 5. The lowest BCUT2D eigenvalue weighted by molar-refractivity contribution is -0.181. The van der Waals surface area contributed by atoms with Crippen molar-refractivity contribution in [2.24, 2.45) is 17.1 Å². The molecule has 0 radical (unpaired) electrons. The van der Waals surface area contributed by atoms with Crippen LogP contribution in [0.4, 0.5) is 0 Å². The van der Waals surface area contributed by atoms with E-state index in [4.69, 9.17) is 14.9 Å². The average Bonchev–Trinajstić information content (AvgIpc) is 2.20. The maximum absolute atomic E-state index is 12.5. The lowest BCUT2D eigenvalue weighted by atomic mass is 9.79. The highest BCUT2D eigenvalue weighted by Crippen LogP contribution is 2.33. The highest BCUT2D eigenvalue weighted by molar-refractivity contribution is 6.48. The van der Waals surface area contributed by atoms with Crippen LogP contribution in [0.1, 0.15) is 48.0 Å². The first-order chi connectivity index (χ1) is 9.58. The molecule has 0 saturated heterocycles. The fraction of sp³-hybridized carbons (Fsp3) is 0.867. The van der Waals surface area contributed by atoms with Crippen LogP contribution in [0.5, 0.6) is 0 Å². The SMILES string of the molecule is C[SiH](C)O[C@@](N)(C(=O)O)C(CC(C)(C)C)C(=O)OC(C)(C)C. The zero-order valence-corrected chi connectivity index (χ0v) is 16.2. The van der Waals surface area contributed by atoms with Crippen LogP contribution in [0.15, 0.2) is 0 Å². The number of ether oxygens (including phenoxy) is 1. The number of carbonyl (C=O) groups excluding carboxylic acids is 1. The topological polar surface area (TPSA) is 98.9 Å². The molecule has 7 heteroatoms. The third kappa shape index (κ3) is 6.89. The van der Waals surface area contributed by atoms with Gasteiger partial charge in [0, 0.05) is 0 Å². The van der Waals surface area contributed by atoms with Crippen LogP contribution in [-0.2, 0) is 18.8 Å². The second kappa shape index (κ2) is 7.10. The Balaban J connectivity index is 5.71. The third-order valence-corrected chi connectivity index (χ3v) is 3.65. The zero-order chi connectivity index (χ0) is 17.9. The van der Waals surface area contributed by atoms with Gasteiger partial charge in [0.25, 0.3) is 0 Å². The smallest absolute Gasteiger partial charge is 0.351 e. The fourth-order valence-electron chi connectivity index (χ4n) is 2.07. The van der Waals surface area contributed by atoms with Crippen molar-refractivity contribution in [2.75, 3.05) is 0 Å². The number of carbonyl (C=O) groups is 2. The van der Waals surface area contributed by atoms with Crippen molar-refractivity contribution in [3.05, 3.63) is 0 Å². The molecule has 3 N–H and O–H groups in total. The summed E-state index contributed by atoms with van der Waals surface area (Å²) in [5.74, 6) is -3.05. The molecule has 0 aliphatic heterocycles. The Morgan fingerprint density at radius 1 is 1.14 bits per heavy atom. The molecule has 0 heterocycles. The molecule has 2 atom stereocenters. The van der Waals surface area contributed by atoms with E-state index in [0.29, 0.717) is 0 Å². The Morgan fingerprint density at radius 2 is 1.59 bits per heavy atom. The van der Waals surface area contributed by atoms with Gasteiger partial charge in [0.05, 0.1) is 0 Å². The van der Waals surface area contributed by atoms with Gasteiger partial charge in [-0.1, -0.05) is 20.8 Å². The number of carboxylic acids is 1. The lowest BCUT2D eigenvalue weighted by Gasteiger charge is -2.38. The summed E-state index contributed by atoms with van der Waals surface area (Å²) in [4.78, 5) is 24.3. The number of hydrogen-bond donors (Lipinski definition) is 2. The van der Waals surface area contributed by atoms with Gasteiger partial charge in [-0.3, -0.25) is 10.5 Å². The van der Waals surface area contributed by atoms with Gasteiger partial charge in [0.1, 0.15) is 11.5 Å². The molecular formula is C15H31NO5Si. The Kier molecular flexibility index (Phi) is 6.80. The summed E-state index contributed by atoms with van der Waals surface area (Å²) in [5.41, 5.74) is 2.94. The highest BCUT2D eigenvalue weighted by atomic mass is 28.3. The van der Waals surface area contributed by atoms with Gasteiger partial charge in [0.2, 0.25) is 5.72 Å². The molecule has 0 rings (SSSR count). The predicted molar refractivity (Wildman–Crippen MR) is 87.9 cm³/mol. The van der Waals surface area contributed by atoms with E-state index in [1.54, 1.807) is 20.8 Å². The third-order valence-electron chi connectivity index (χ3n) is 2.79. The van der Waals surface area contributed by atoms with E-state index in [0.717, 1.165) is 0 Å². The van der Waals surface area contributed by atoms with E-state index < -0.39 is 38.2 Å². The van der Waals surface area contributed by atoms with E-state index in [1.807, 2.05) is 33.9 Å². The molecule has 0 aliphatic rings. The second-order valence-electron chi connectivity index (χ2n) is 8.12. The quantitative estimate of drug-likeness (QED) is 0.439. The monoisotopic (exact) mass is 333 g/mol. The molecule has 0 aromatic carbocycles. The number of carboxylic acid groups (broad SMARTS) is 1. The molecule has 1 unspecified atom stereocenters. The summed E-state index contributed by atoms with van der Waals surface area (Å²) < 4.78 is 10.9. The van der Waals surface area contributed by atoms with Crippen LogP contribution >= 0.6 is 0 Å². The maximum atomic E-state index is 12.5. The molecule has 0 saturated carbocycles. The summed E-state index contributed by atoms with van der Waals surface area (Å²) in [5, 5.41) is 9.56. The van der Waals surface area contributed by atoms with Gasteiger partial charge in [-0.2, -0.15) is 0 Å². The van der Waals surface area contributed by atoms with E-state index in [2.05, 4.69) is 0 Å². The van der Waals surface area contributed by atoms with Gasteiger partial charge in [-0.15, -0.1) is 0 Å². The van der Waals surface area contributed by atoms with Gasteiger partial charge >= 0.3 is 11.9 Å². The summed E-state index contributed by atoms with van der Waals surface area (Å²) in [7, 11) is -1.78. The van der Waals surface area contributed by atoms with E-state index in [1.165, 1.54) is 0 Å². The minimum Gasteiger partial charge on any atom is -0.478 e. The summed E-state index contributed by atoms with van der Waals surface area (Å²) in [6, 6.07) is 0. The number of nitrogens with two attached hydrogens (primary N) is 1. The second-order valence-corrected chi connectivity index (χ2v) is 10.4. The van der Waals surface area contributed by atoms with Crippen molar-refractivity contribution >= 4 is 21.0 Å². The molecule has 0 aromatic heterocycles. The summed E-state index contributed by atoms with van der Waals surface area (Å²) in [6.45, 7) is 14.6. The first-order valence-corrected chi connectivity index (χ1v) is 10.3. The van der Waals surface area contributed by atoms with E-state index >= 15 is 0 Å². The van der Waals surface area contributed by atoms with Crippen molar-refractivity contribution in [1.29, 1.82) is 0 Å². The molecule has 22 heavy (non-hydrogen) atoms. The van der Waals surface area contributed by atoms with Gasteiger partial charge in [0.15, 0.2) is 9.04 Å². The van der Waals surface area contributed by atoms with Crippen LogP contribution in [0.25, 0.3) is 0 Å². The molecule has 0 aliphatic carbocycles. The Bertz CT molecular complexity index is 411. The Morgan fingerprint density at radius 3 is 1.86 bits per heavy atom. The highest BCUT2D eigenvalue weighted by Gasteiger charge is 2.50. The van der Waals surface area contributed by atoms with Crippen molar-refractivity contribution in [3.63, 3.8) is 0 Å². The molecule has 0 spiro atoms. The van der Waals surface area contributed by atoms with Crippen LogP contribution in [0, 0.1) is 11.3 Å². The Labute approximate surface area is 135 Å². The molecule has 6 nitrogen and oxygen atoms in total. The fourth-order valence-corrected chi connectivity index (χ4v) is 3.11. The summed E-state index contributed by atoms with van der Waals surface area (Å²) >= 11 is 0. The van der Waals surface area contributed by atoms with Crippen LogP contribution in [0.2, 0.25) is 13.1 Å². The first-order valence-electron chi connectivity index (χ1n) is 7.51. The average molecular weight is 334 g/mol. The molecule has 130 valence electrons. The minimum atomic E-state index is -2.06. The maximum Gasteiger partial charge on any atom is 0.351 e. The lowest BCUT2D eigenvalue weighted by Crippen LogP contribution is -2.61. The van der Waals surface area contributed by atoms with Gasteiger partial charge in [-0.25, -0.2) is 4.79 Å².